The zero-order valence-electron chi connectivity index (χ0n) is 11.4. The van der Waals surface area contributed by atoms with E-state index < -0.39 is 10.0 Å². The van der Waals surface area contributed by atoms with E-state index in [2.05, 4.69) is 26.9 Å². The first kappa shape index (κ1) is 16.4. The van der Waals surface area contributed by atoms with Gasteiger partial charge in [-0.05, 0) is 36.5 Å². The number of anilines is 2. The van der Waals surface area contributed by atoms with E-state index in [1.807, 2.05) is 0 Å². The minimum Gasteiger partial charge on any atom is -0.359 e. The Hall–Kier alpha value is -1.97. The van der Waals surface area contributed by atoms with Gasteiger partial charge in [0.25, 0.3) is 10.0 Å². The fourth-order valence-corrected chi connectivity index (χ4v) is 3.50. The van der Waals surface area contributed by atoms with Crippen LogP contribution in [0, 0.1) is 0 Å². The molecule has 6 nitrogen and oxygen atoms in total. The van der Waals surface area contributed by atoms with Crippen LogP contribution in [0.5, 0.6) is 0 Å². The quantitative estimate of drug-likeness (QED) is 0.546. The van der Waals surface area contributed by atoms with Gasteiger partial charge >= 0.3 is 0 Å². The van der Waals surface area contributed by atoms with Crippen LogP contribution in [-0.4, -0.2) is 25.1 Å². The van der Waals surface area contributed by atoms with Crippen LogP contribution >= 0.6 is 23.6 Å². The molecule has 1 aromatic carbocycles. The monoisotopic (exact) mass is 354 g/mol. The van der Waals surface area contributed by atoms with Crippen LogP contribution in [-0.2, 0) is 10.0 Å². The van der Waals surface area contributed by atoms with Gasteiger partial charge in [-0.1, -0.05) is 6.08 Å². The average Bonchev–Trinajstić information content (AvgIpc) is 2.98. The predicted octanol–water partition coefficient (Wildman–Crippen LogP) is 2.42. The molecule has 116 valence electrons. The summed E-state index contributed by atoms with van der Waals surface area (Å²) in [5.74, 6) is 0. The Balaban J connectivity index is 2.04. The lowest BCUT2D eigenvalue weighted by Crippen LogP contribution is -2.28. The Morgan fingerprint density at radius 3 is 2.68 bits per heavy atom. The number of aromatic nitrogens is 1. The third kappa shape index (κ3) is 4.52. The maximum Gasteiger partial charge on any atom is 0.263 e. The van der Waals surface area contributed by atoms with E-state index in [-0.39, 0.29) is 4.90 Å². The number of nitrogens with zero attached hydrogens (tertiary/aromatic N) is 1. The first-order chi connectivity index (χ1) is 10.5. The minimum absolute atomic E-state index is 0.151. The largest absolute Gasteiger partial charge is 0.359 e. The predicted molar refractivity (Wildman–Crippen MR) is 93.8 cm³/mol. The summed E-state index contributed by atoms with van der Waals surface area (Å²) in [7, 11) is -3.63. The summed E-state index contributed by atoms with van der Waals surface area (Å²) in [6.45, 7) is 4.13. The molecule has 0 aliphatic rings. The summed E-state index contributed by atoms with van der Waals surface area (Å²) in [6, 6.07) is 6.26. The molecular formula is C13H14N4O2S3. The van der Waals surface area contributed by atoms with E-state index in [9.17, 15) is 8.42 Å². The Morgan fingerprint density at radius 2 is 2.09 bits per heavy atom. The molecule has 1 aromatic heterocycles. The molecule has 0 bridgehead atoms. The first-order valence-electron chi connectivity index (χ1n) is 6.19. The Kier molecular flexibility index (Phi) is 5.47. The number of hydrogen-bond donors (Lipinski definition) is 3. The average molecular weight is 354 g/mol. The van der Waals surface area contributed by atoms with Crippen molar-refractivity contribution in [2.24, 2.45) is 0 Å². The zero-order chi connectivity index (χ0) is 16.0. The molecule has 0 saturated heterocycles. The molecule has 0 amide bonds. The SMILES string of the molecule is C=CCNC(=S)Nc1ccc(S(=O)(=O)Nc2nccs2)cc1. The van der Waals surface area contributed by atoms with Crippen LogP contribution in [0.25, 0.3) is 0 Å². The molecule has 0 unspecified atom stereocenters. The van der Waals surface area contributed by atoms with E-state index in [1.54, 1.807) is 23.6 Å². The van der Waals surface area contributed by atoms with Crippen molar-refractivity contribution in [3.05, 3.63) is 48.5 Å². The van der Waals surface area contributed by atoms with Gasteiger partial charge in [0.2, 0.25) is 0 Å². The van der Waals surface area contributed by atoms with E-state index in [1.165, 1.54) is 29.7 Å². The van der Waals surface area contributed by atoms with Gasteiger partial charge in [0.05, 0.1) is 4.90 Å². The second-order valence-corrected chi connectivity index (χ2v) is 7.08. The molecule has 2 aromatic rings. The summed E-state index contributed by atoms with van der Waals surface area (Å²) in [5.41, 5.74) is 0.690. The van der Waals surface area contributed by atoms with Gasteiger partial charge in [-0.15, -0.1) is 17.9 Å². The number of sulfonamides is 1. The fraction of sp³-hybridized carbons (Fsp3) is 0.0769. The molecule has 0 spiro atoms. The number of thiocarbonyl (C=S) groups is 1. The van der Waals surface area contributed by atoms with Crippen LogP contribution in [0.1, 0.15) is 0 Å². The van der Waals surface area contributed by atoms with Crippen LogP contribution in [0.3, 0.4) is 0 Å². The minimum atomic E-state index is -3.63. The Bertz CT molecular complexity index is 740. The summed E-state index contributed by atoms with van der Waals surface area (Å²) >= 11 is 6.29. The molecule has 0 saturated carbocycles. The van der Waals surface area contributed by atoms with Crippen LogP contribution in [0.2, 0.25) is 0 Å². The molecule has 0 fully saturated rings. The number of thiazole rings is 1. The molecule has 0 atom stereocenters. The highest BCUT2D eigenvalue weighted by molar-refractivity contribution is 7.93. The molecule has 0 aliphatic heterocycles. The molecule has 3 N–H and O–H groups in total. The van der Waals surface area contributed by atoms with Crippen molar-refractivity contribution in [3.63, 3.8) is 0 Å². The molecule has 2 rings (SSSR count). The summed E-state index contributed by atoms with van der Waals surface area (Å²) < 4.78 is 26.7. The highest BCUT2D eigenvalue weighted by Gasteiger charge is 2.15. The van der Waals surface area contributed by atoms with Crippen molar-refractivity contribution in [2.75, 3.05) is 16.6 Å². The third-order valence-corrected chi connectivity index (χ3v) is 4.90. The zero-order valence-corrected chi connectivity index (χ0v) is 13.9. The smallest absolute Gasteiger partial charge is 0.263 e. The normalized spacial score (nSPS) is 10.7. The molecule has 0 aliphatic carbocycles. The number of nitrogens with one attached hydrogen (secondary N) is 3. The van der Waals surface area contributed by atoms with Gasteiger partial charge < -0.3 is 10.6 Å². The van der Waals surface area contributed by atoms with Crippen LogP contribution in [0.15, 0.2) is 53.4 Å². The van der Waals surface area contributed by atoms with Gasteiger partial charge in [-0.25, -0.2) is 13.4 Å². The van der Waals surface area contributed by atoms with Crippen LogP contribution < -0.4 is 15.4 Å². The van der Waals surface area contributed by atoms with Gasteiger partial charge in [0.15, 0.2) is 10.2 Å². The van der Waals surface area contributed by atoms with E-state index in [0.29, 0.717) is 22.5 Å². The number of benzene rings is 1. The summed E-state index contributed by atoms with van der Waals surface area (Å²) in [6.07, 6.45) is 3.22. The summed E-state index contributed by atoms with van der Waals surface area (Å²) in [4.78, 5) is 4.05. The van der Waals surface area contributed by atoms with Gasteiger partial charge in [0, 0.05) is 23.8 Å². The van der Waals surface area contributed by atoms with Crippen molar-refractivity contribution < 1.29 is 8.42 Å². The van der Waals surface area contributed by atoms with Crippen molar-refractivity contribution in [3.8, 4) is 0 Å². The molecule has 9 heteroatoms. The number of hydrogen-bond acceptors (Lipinski definition) is 5. The fourth-order valence-electron chi connectivity index (χ4n) is 1.51. The maximum atomic E-state index is 12.2. The van der Waals surface area contributed by atoms with E-state index in [4.69, 9.17) is 12.2 Å². The number of rotatable bonds is 6. The first-order valence-corrected chi connectivity index (χ1v) is 8.96. The van der Waals surface area contributed by atoms with Gasteiger partial charge in [-0.3, -0.25) is 4.72 Å². The van der Waals surface area contributed by atoms with Crippen molar-refractivity contribution >= 4 is 49.5 Å². The van der Waals surface area contributed by atoms with Crippen molar-refractivity contribution in [1.29, 1.82) is 0 Å². The maximum absolute atomic E-state index is 12.2. The second-order valence-electron chi connectivity index (χ2n) is 4.09. The van der Waals surface area contributed by atoms with E-state index in [0.717, 1.165) is 0 Å². The second kappa shape index (κ2) is 7.34. The topological polar surface area (TPSA) is 83.1 Å². The lowest BCUT2D eigenvalue weighted by atomic mass is 10.3. The molecule has 1 heterocycles. The molecule has 22 heavy (non-hydrogen) atoms. The van der Waals surface area contributed by atoms with Gasteiger partial charge in [-0.2, -0.15) is 0 Å². The third-order valence-electron chi connectivity index (χ3n) is 2.48. The van der Waals surface area contributed by atoms with Crippen molar-refractivity contribution in [2.45, 2.75) is 4.90 Å². The molecular weight excluding hydrogens is 340 g/mol. The van der Waals surface area contributed by atoms with Crippen molar-refractivity contribution in [1.82, 2.24) is 10.3 Å². The van der Waals surface area contributed by atoms with E-state index >= 15 is 0 Å². The van der Waals surface area contributed by atoms with Crippen LogP contribution in [0.4, 0.5) is 10.8 Å². The highest BCUT2D eigenvalue weighted by atomic mass is 32.2. The van der Waals surface area contributed by atoms with Gasteiger partial charge in [0.1, 0.15) is 0 Å². The Morgan fingerprint density at radius 1 is 1.36 bits per heavy atom. The highest BCUT2D eigenvalue weighted by Crippen LogP contribution is 2.19. The summed E-state index contributed by atoms with van der Waals surface area (Å²) in [5, 5.41) is 8.34. The lowest BCUT2D eigenvalue weighted by Gasteiger charge is -2.10. The lowest BCUT2D eigenvalue weighted by molar-refractivity contribution is 0.601. The Labute approximate surface area is 138 Å². The molecule has 0 radical (unpaired) electrons. The standard InChI is InChI=1S/C13H14N4O2S3/c1-2-7-14-12(20)16-10-3-5-11(6-4-10)22(18,19)17-13-15-8-9-21-13/h2-6,8-9H,1,7H2,(H,15,17)(H2,14,16,20).